The highest BCUT2D eigenvalue weighted by Gasteiger charge is 2.24. The molecule has 1 saturated carbocycles. The molecular weight excluding hydrogens is 565 g/mol. The third-order valence-electron chi connectivity index (χ3n) is 5.93. The molecule has 0 bridgehead atoms. The highest BCUT2D eigenvalue weighted by atomic mass is 127. The molecule has 0 radical (unpaired) electrons. The number of rotatable bonds is 9. The zero-order valence-electron chi connectivity index (χ0n) is 18.6. The lowest BCUT2D eigenvalue weighted by Gasteiger charge is -2.29. The van der Waals surface area contributed by atoms with Crippen molar-refractivity contribution in [1.82, 2.24) is 18.6 Å². The molecule has 1 N–H and O–H groups in total. The van der Waals surface area contributed by atoms with Gasteiger partial charge in [-0.1, -0.05) is 16.5 Å². The summed E-state index contributed by atoms with van der Waals surface area (Å²) in [6, 6.07) is 1.80. The van der Waals surface area contributed by atoms with E-state index in [2.05, 4.69) is 18.6 Å². The Morgan fingerprint density at radius 3 is 2.94 bits per heavy atom. The zero-order chi connectivity index (χ0) is 23.2. The minimum atomic E-state index is -2.47. The second-order valence-electron chi connectivity index (χ2n) is 8.55. The van der Waals surface area contributed by atoms with E-state index in [1.54, 1.807) is 6.07 Å². The van der Waals surface area contributed by atoms with E-state index in [9.17, 15) is 13.6 Å². The third-order valence-corrected chi connectivity index (χ3v) is 9.71. The molecule has 2 aromatic heterocycles. The molecule has 1 fully saturated rings. The lowest BCUT2D eigenvalue weighted by molar-refractivity contribution is -0.118. The van der Waals surface area contributed by atoms with Crippen LogP contribution in [0.2, 0.25) is 0 Å². The van der Waals surface area contributed by atoms with Crippen LogP contribution >= 0.6 is 32.3 Å². The summed E-state index contributed by atoms with van der Waals surface area (Å²) in [5, 5.41) is 4.24. The summed E-state index contributed by atoms with van der Waals surface area (Å²) in [5.74, 6) is 1.47. The first-order chi connectivity index (χ1) is 15.9. The molecule has 1 aliphatic carbocycles. The predicted octanol–water partition coefficient (Wildman–Crippen LogP) is 4.44. The minimum absolute atomic E-state index is 0.0278. The number of hydrogen-bond acceptors (Lipinski definition) is 7. The van der Waals surface area contributed by atoms with Gasteiger partial charge in [-0.05, 0) is 82.4 Å². The van der Waals surface area contributed by atoms with E-state index < -0.39 is 34.0 Å². The maximum absolute atomic E-state index is 12.3. The zero-order valence-corrected chi connectivity index (χ0v) is 21.6. The van der Waals surface area contributed by atoms with Crippen molar-refractivity contribution in [2.75, 3.05) is 19.7 Å². The topological polar surface area (TPSA) is 80.5 Å². The number of ether oxygens (including phenoxy) is 1. The number of fused-ring (bicyclic) bond motifs is 1. The van der Waals surface area contributed by atoms with Gasteiger partial charge in [0.15, 0.2) is 6.61 Å². The van der Waals surface area contributed by atoms with Gasteiger partial charge in [0, 0.05) is 24.0 Å². The van der Waals surface area contributed by atoms with Gasteiger partial charge in [0.2, 0.25) is 5.91 Å². The van der Waals surface area contributed by atoms with E-state index in [0.29, 0.717) is 16.8 Å². The second kappa shape index (κ2) is 11.8. The fourth-order valence-corrected chi connectivity index (χ4v) is 7.12. The van der Waals surface area contributed by atoms with Crippen molar-refractivity contribution in [3.63, 3.8) is 0 Å². The van der Waals surface area contributed by atoms with Gasteiger partial charge in [-0.2, -0.15) is 0 Å². The number of hydrogen-bond donors (Lipinski definition) is 1. The highest BCUT2D eigenvalue weighted by Crippen LogP contribution is 2.31. The quantitative estimate of drug-likeness (QED) is 0.342. The molecule has 0 atom stereocenters. The summed E-state index contributed by atoms with van der Waals surface area (Å²) in [5.41, 5.74) is 1.66. The molecule has 0 aromatic carbocycles. The Balaban J connectivity index is 1.15. The van der Waals surface area contributed by atoms with Gasteiger partial charge in [-0.3, -0.25) is 9.69 Å². The third kappa shape index (κ3) is 7.51. The first-order valence-corrected chi connectivity index (χ1v) is 14.2. The number of alkyl halides is 2. The number of halogens is 3. The van der Waals surface area contributed by atoms with Crippen LogP contribution in [0.15, 0.2) is 10.6 Å². The van der Waals surface area contributed by atoms with Crippen LogP contribution in [-0.2, 0) is 24.2 Å². The number of carbonyl (C=O) groups is 1. The molecular formula is C22H29F2IN4O3S. The Morgan fingerprint density at radius 1 is 1.39 bits per heavy atom. The van der Waals surface area contributed by atoms with E-state index >= 15 is 0 Å². The van der Waals surface area contributed by atoms with Gasteiger partial charge in [-0.15, -0.1) is 0 Å². The Kier molecular flexibility index (Phi) is 8.80. The monoisotopic (exact) mass is 594 g/mol. The van der Waals surface area contributed by atoms with Crippen molar-refractivity contribution in [2.45, 2.75) is 64.8 Å². The maximum atomic E-state index is 12.3. The Morgan fingerprint density at radius 2 is 2.21 bits per heavy atom. The molecule has 0 saturated heterocycles. The van der Waals surface area contributed by atoms with Crippen LogP contribution in [0.1, 0.15) is 54.1 Å². The van der Waals surface area contributed by atoms with Gasteiger partial charge in [-0.25, -0.2) is 13.8 Å². The standard InChI is InChI=1S/C22H29F2IN4O3S/c1-14-10-17(28-32-14)11-21(30)27-25-16-4-2-15(3-5-16)6-8-29-9-7-19-18(12-29)26-22(33-19)31-13-20(23)24/h10,15,20H,2-9,11-13H2,1H3,(H,27,30). The molecule has 11 heteroatoms. The van der Waals surface area contributed by atoms with Crippen LogP contribution in [0, 0.1) is 12.8 Å². The lowest BCUT2D eigenvalue weighted by atomic mass is 9.87. The number of nitrogens with one attached hydrogen (secondary N) is 1. The number of thiazole rings is 1. The van der Waals surface area contributed by atoms with Crippen LogP contribution in [0.5, 0.6) is 5.19 Å². The van der Waals surface area contributed by atoms with Gasteiger partial charge in [0.1, 0.15) is 5.76 Å². The molecule has 1 aliphatic heterocycles. The van der Waals surface area contributed by atoms with E-state index in [1.165, 1.54) is 27.7 Å². The second-order valence-corrected chi connectivity index (χ2v) is 12.2. The average Bonchev–Trinajstić information content (AvgIpc) is 3.40. The summed E-state index contributed by atoms with van der Waals surface area (Å²) in [6.07, 6.45) is 4.49. The number of aryl methyl sites for hydroxylation is 1. The molecule has 2 aliphatic rings. The molecule has 182 valence electrons. The fourth-order valence-electron chi connectivity index (χ4n) is 4.17. The largest absolute Gasteiger partial charge is 0.464 e. The van der Waals surface area contributed by atoms with Crippen molar-refractivity contribution in [1.29, 1.82) is 0 Å². The van der Waals surface area contributed by atoms with Crippen LogP contribution in [0.4, 0.5) is 8.78 Å². The summed E-state index contributed by atoms with van der Waals surface area (Å²) < 4.78 is 39.4. The molecule has 0 unspecified atom stereocenters. The number of amides is 1. The van der Waals surface area contributed by atoms with Crippen LogP contribution in [0.25, 0.3) is 0 Å². The van der Waals surface area contributed by atoms with Crippen molar-refractivity contribution >= 4 is 41.8 Å². The van der Waals surface area contributed by atoms with Crippen molar-refractivity contribution in [3.8, 4) is 5.19 Å². The first-order valence-electron chi connectivity index (χ1n) is 11.3. The smallest absolute Gasteiger partial charge is 0.273 e. The van der Waals surface area contributed by atoms with E-state index in [-0.39, 0.29) is 12.3 Å². The molecule has 33 heavy (non-hydrogen) atoms. The summed E-state index contributed by atoms with van der Waals surface area (Å²) >= 11 is 0.980. The van der Waals surface area contributed by atoms with Gasteiger partial charge < -0.3 is 12.8 Å². The summed E-state index contributed by atoms with van der Waals surface area (Å²) in [6.45, 7) is 4.02. The summed E-state index contributed by atoms with van der Waals surface area (Å²) in [7, 11) is 0. The highest BCUT2D eigenvalue weighted by molar-refractivity contribution is 14.2. The number of nitrogens with zero attached hydrogens (tertiary/aromatic N) is 3. The van der Waals surface area contributed by atoms with Gasteiger partial charge in [0.25, 0.3) is 11.6 Å². The minimum Gasteiger partial charge on any atom is -0.464 e. The Hall–Kier alpha value is -1.47. The number of aromatic nitrogens is 2. The summed E-state index contributed by atoms with van der Waals surface area (Å²) in [4.78, 5) is 20.1. The fraction of sp³-hybridized carbons (Fsp3) is 0.636. The van der Waals surface area contributed by atoms with E-state index in [4.69, 9.17) is 9.26 Å². The van der Waals surface area contributed by atoms with E-state index in [0.717, 1.165) is 61.6 Å². The van der Waals surface area contributed by atoms with Crippen LogP contribution in [-0.4, -0.2) is 50.6 Å². The molecule has 1 amide bonds. The van der Waals surface area contributed by atoms with Gasteiger partial charge in [0.05, 0.1) is 17.8 Å². The first kappa shape index (κ1) is 24.6. The Labute approximate surface area is 206 Å². The van der Waals surface area contributed by atoms with Crippen molar-refractivity contribution < 1.29 is 22.8 Å². The van der Waals surface area contributed by atoms with Crippen LogP contribution < -0.4 is 8.27 Å². The molecule has 2 aromatic rings. The average molecular weight is 594 g/mol. The Bertz CT molecular complexity index is 971. The van der Waals surface area contributed by atoms with E-state index in [1.807, 2.05) is 6.92 Å². The van der Waals surface area contributed by atoms with Crippen molar-refractivity contribution in [3.05, 3.63) is 28.1 Å². The predicted molar refractivity (Wildman–Crippen MR) is 131 cm³/mol. The van der Waals surface area contributed by atoms with Crippen LogP contribution in [0.3, 0.4) is 0 Å². The normalized spacial score (nSPS) is 19.0. The van der Waals surface area contributed by atoms with Crippen molar-refractivity contribution in [2.24, 2.45) is 5.92 Å². The maximum Gasteiger partial charge on any atom is 0.273 e. The molecule has 7 nitrogen and oxygen atoms in total. The molecule has 0 spiro atoms. The van der Waals surface area contributed by atoms with Gasteiger partial charge >= 0.3 is 0 Å². The lowest BCUT2D eigenvalue weighted by Crippen LogP contribution is -2.32. The molecule has 3 heterocycles. The SMILES string of the molecule is Cc1cc(CC(=O)NI=C2CCC(CCN3CCc4sc(OCC(F)F)nc4C3)CC2)no1. The molecule has 4 rings (SSSR count). The number of carbonyl (C=O) groups excluding carboxylic acids is 1.